The smallest absolute Gasteiger partial charge is 0.0364 e. The lowest BCUT2D eigenvalue weighted by atomic mass is 10.3. The van der Waals surface area contributed by atoms with Crippen LogP contribution in [0.3, 0.4) is 0 Å². The molecule has 2 N–H and O–H groups in total. The van der Waals surface area contributed by atoms with Gasteiger partial charge in [-0.05, 0) is 48.9 Å². The van der Waals surface area contributed by atoms with Crippen LogP contribution in [0.15, 0.2) is 60.7 Å². The molecule has 0 saturated heterocycles. The molecule has 0 aromatic heterocycles. The van der Waals surface area contributed by atoms with Gasteiger partial charge in [-0.15, -0.1) is 7.92 Å². The van der Waals surface area contributed by atoms with Gasteiger partial charge in [0.2, 0.25) is 0 Å². The fourth-order valence-electron chi connectivity index (χ4n) is 2.55. The summed E-state index contributed by atoms with van der Waals surface area (Å²) in [7, 11) is 0.184. The van der Waals surface area contributed by atoms with Gasteiger partial charge in [-0.25, -0.2) is 0 Å². The molecule has 0 bridgehead atoms. The van der Waals surface area contributed by atoms with Crippen LogP contribution in [0.25, 0.3) is 0 Å². The maximum absolute atomic E-state index is 3.64. The minimum Gasteiger partial charge on any atom is -0.381 e. The molecule has 0 spiro atoms. The second kappa shape index (κ2) is 11.5. The Balaban J connectivity index is 1.87. The van der Waals surface area contributed by atoms with Crippen LogP contribution in [0.5, 0.6) is 0 Å². The summed E-state index contributed by atoms with van der Waals surface area (Å²) in [5, 5.41) is 7.27. The van der Waals surface area contributed by atoms with Crippen molar-refractivity contribution in [1.29, 1.82) is 0 Å². The summed E-state index contributed by atoms with van der Waals surface area (Å²) >= 11 is 0. The fraction of sp³-hybridized carbons (Fsp3) is 0.400. The highest BCUT2D eigenvalue weighted by molar-refractivity contribution is 7.61. The zero-order valence-corrected chi connectivity index (χ0v) is 16.7. The lowest BCUT2D eigenvalue weighted by Gasteiger charge is -2.23. The van der Waals surface area contributed by atoms with E-state index in [-0.39, 0.29) is 15.8 Å². The van der Waals surface area contributed by atoms with Crippen LogP contribution in [0.4, 0.5) is 11.4 Å². The Hall–Kier alpha value is -1.10. The number of hydrogen-bond acceptors (Lipinski definition) is 2. The Kier molecular flexibility index (Phi) is 9.18. The Morgan fingerprint density at radius 1 is 0.625 bits per heavy atom. The van der Waals surface area contributed by atoms with E-state index in [9.17, 15) is 0 Å². The maximum atomic E-state index is 3.64. The largest absolute Gasteiger partial charge is 0.381 e. The number of rotatable bonds is 11. The van der Waals surface area contributed by atoms with Gasteiger partial charge in [0.25, 0.3) is 0 Å². The first kappa shape index (κ1) is 19.2. The van der Waals surface area contributed by atoms with Crippen molar-refractivity contribution in [3.8, 4) is 0 Å². The molecule has 0 aliphatic heterocycles. The monoisotopic (exact) mass is 360 g/mol. The molecule has 2 nitrogen and oxygen atoms in total. The highest BCUT2D eigenvalue weighted by atomic mass is 31.1. The zero-order valence-electron chi connectivity index (χ0n) is 14.9. The van der Waals surface area contributed by atoms with Crippen LogP contribution in [-0.4, -0.2) is 37.2 Å². The quantitative estimate of drug-likeness (QED) is 0.471. The summed E-state index contributed by atoms with van der Waals surface area (Å²) in [4.78, 5) is 0. The molecule has 0 aliphatic carbocycles. The molecule has 4 heteroatoms. The van der Waals surface area contributed by atoms with Gasteiger partial charge in [0.15, 0.2) is 0 Å². The first-order valence-corrected chi connectivity index (χ1v) is 12.6. The van der Waals surface area contributed by atoms with Crippen LogP contribution in [-0.2, 0) is 0 Å². The lowest BCUT2D eigenvalue weighted by molar-refractivity contribution is 1.31. The van der Waals surface area contributed by atoms with Crippen molar-refractivity contribution >= 4 is 27.2 Å². The summed E-state index contributed by atoms with van der Waals surface area (Å²) in [6.07, 6.45) is 7.70. The summed E-state index contributed by atoms with van der Waals surface area (Å²) in [5.74, 6) is 0. The molecule has 0 heterocycles. The number of nitrogens with one attached hydrogen (secondary N) is 2. The number of para-hydroxylation sites is 2. The van der Waals surface area contributed by atoms with Crippen molar-refractivity contribution in [2.45, 2.75) is 13.8 Å². The highest BCUT2D eigenvalue weighted by Crippen LogP contribution is 2.42. The molecule has 2 aromatic carbocycles. The molecule has 0 unspecified atom stereocenters. The minimum absolute atomic E-state index is 0.0580. The lowest BCUT2D eigenvalue weighted by Crippen LogP contribution is -2.11. The summed E-state index contributed by atoms with van der Waals surface area (Å²) < 4.78 is 0. The SMILES string of the molecule is CCP(CC)CCP(CNc1ccccc1)CNc1ccccc1. The fourth-order valence-corrected chi connectivity index (χ4v) is 7.14. The van der Waals surface area contributed by atoms with Crippen LogP contribution < -0.4 is 10.6 Å². The number of benzene rings is 2. The Morgan fingerprint density at radius 2 is 1.04 bits per heavy atom. The summed E-state index contributed by atoms with van der Waals surface area (Å²) in [6, 6.07) is 21.2. The minimum atomic E-state index is -0.0580. The number of anilines is 2. The molecule has 0 amide bonds. The van der Waals surface area contributed by atoms with E-state index in [4.69, 9.17) is 0 Å². The van der Waals surface area contributed by atoms with Crippen LogP contribution in [0, 0.1) is 0 Å². The van der Waals surface area contributed by atoms with Crippen LogP contribution >= 0.6 is 15.8 Å². The van der Waals surface area contributed by atoms with E-state index in [0.717, 1.165) is 12.6 Å². The van der Waals surface area contributed by atoms with Crippen molar-refractivity contribution in [1.82, 2.24) is 0 Å². The van der Waals surface area contributed by atoms with E-state index < -0.39 is 0 Å². The standard InChI is InChI=1S/C20H30N2P2/c1-3-23(4-2)15-16-24(17-21-19-11-7-5-8-12-19)18-22-20-13-9-6-10-14-20/h5-14,21-22H,3-4,15-18H2,1-2H3. The van der Waals surface area contributed by atoms with E-state index in [1.165, 1.54) is 36.0 Å². The molecular formula is C20H30N2P2. The van der Waals surface area contributed by atoms with Gasteiger partial charge in [0.1, 0.15) is 0 Å². The van der Waals surface area contributed by atoms with Crippen LogP contribution in [0.1, 0.15) is 13.8 Å². The first-order chi connectivity index (χ1) is 11.8. The van der Waals surface area contributed by atoms with E-state index in [2.05, 4.69) is 85.1 Å². The van der Waals surface area contributed by atoms with Gasteiger partial charge in [-0.1, -0.05) is 58.2 Å². The van der Waals surface area contributed by atoms with Crippen molar-refractivity contribution in [2.24, 2.45) is 0 Å². The van der Waals surface area contributed by atoms with E-state index in [0.29, 0.717) is 0 Å². The molecule has 0 radical (unpaired) electrons. The molecule has 2 aromatic rings. The van der Waals surface area contributed by atoms with Gasteiger partial charge in [-0.2, -0.15) is 0 Å². The topological polar surface area (TPSA) is 24.1 Å². The average Bonchev–Trinajstić information content (AvgIpc) is 2.65. The summed E-state index contributed by atoms with van der Waals surface area (Å²) in [5.41, 5.74) is 2.47. The summed E-state index contributed by atoms with van der Waals surface area (Å²) in [6.45, 7) is 4.70. The second-order valence-corrected chi connectivity index (χ2v) is 11.3. The van der Waals surface area contributed by atoms with Crippen LogP contribution in [0.2, 0.25) is 0 Å². The third-order valence-corrected chi connectivity index (χ3v) is 9.25. The Bertz CT molecular complexity index is 501. The second-order valence-electron chi connectivity index (χ2n) is 5.82. The van der Waals surface area contributed by atoms with Gasteiger partial charge in [0, 0.05) is 23.9 Å². The average molecular weight is 360 g/mol. The zero-order chi connectivity index (χ0) is 17.0. The highest BCUT2D eigenvalue weighted by Gasteiger charge is 2.11. The molecule has 0 saturated carbocycles. The van der Waals surface area contributed by atoms with E-state index >= 15 is 0 Å². The molecule has 2 rings (SSSR count). The molecule has 0 atom stereocenters. The van der Waals surface area contributed by atoms with Gasteiger partial charge >= 0.3 is 0 Å². The van der Waals surface area contributed by atoms with Crippen molar-refractivity contribution < 1.29 is 0 Å². The Labute approximate surface area is 150 Å². The van der Waals surface area contributed by atoms with Crippen molar-refractivity contribution in [3.63, 3.8) is 0 Å². The predicted molar refractivity (Wildman–Crippen MR) is 115 cm³/mol. The maximum Gasteiger partial charge on any atom is 0.0364 e. The van der Waals surface area contributed by atoms with E-state index in [1.54, 1.807) is 0 Å². The third kappa shape index (κ3) is 7.20. The normalized spacial score (nSPS) is 11.0. The Morgan fingerprint density at radius 3 is 1.46 bits per heavy atom. The van der Waals surface area contributed by atoms with Gasteiger partial charge in [0.05, 0.1) is 0 Å². The molecule has 24 heavy (non-hydrogen) atoms. The first-order valence-electron chi connectivity index (χ1n) is 8.84. The number of hydrogen-bond donors (Lipinski definition) is 2. The van der Waals surface area contributed by atoms with Gasteiger partial charge in [-0.3, -0.25) is 0 Å². The molecule has 130 valence electrons. The van der Waals surface area contributed by atoms with Crippen molar-refractivity contribution in [3.05, 3.63) is 60.7 Å². The molecule has 0 aliphatic rings. The predicted octanol–water partition coefficient (Wildman–Crippen LogP) is 6.13. The molecule has 0 fully saturated rings. The van der Waals surface area contributed by atoms with Crippen molar-refractivity contribution in [2.75, 3.05) is 47.9 Å². The van der Waals surface area contributed by atoms with E-state index in [1.807, 2.05) is 0 Å². The van der Waals surface area contributed by atoms with Gasteiger partial charge < -0.3 is 10.6 Å². The third-order valence-electron chi connectivity index (χ3n) is 4.19. The molecular weight excluding hydrogens is 330 g/mol.